The minimum absolute atomic E-state index is 0.114. The number of rotatable bonds is 6. The Morgan fingerprint density at radius 2 is 2.00 bits per heavy atom. The number of carbonyl (C=O) groups is 1. The van der Waals surface area contributed by atoms with E-state index in [-0.39, 0.29) is 18.3 Å². The van der Waals surface area contributed by atoms with Gasteiger partial charge in [0.1, 0.15) is 17.3 Å². The number of nitrogens with zero attached hydrogens (tertiary/aromatic N) is 2. The molecule has 1 aromatic carbocycles. The number of hydrogen-bond donors (Lipinski definition) is 1. The molecule has 1 N–H and O–H groups in total. The summed E-state index contributed by atoms with van der Waals surface area (Å²) in [5.41, 5.74) is 1.28. The number of halogens is 1. The van der Waals surface area contributed by atoms with Crippen LogP contribution in [-0.2, 0) is 13.2 Å². The second-order valence-corrected chi connectivity index (χ2v) is 5.83. The van der Waals surface area contributed by atoms with Crippen LogP contribution in [0.4, 0.5) is 4.39 Å². The number of hydrogen-bond acceptors (Lipinski definition) is 5. The third-order valence-corrected chi connectivity index (χ3v) is 4.00. The number of carbonyl (C=O) groups excluding carboxylic acids is 1. The Bertz CT molecular complexity index is 823. The van der Waals surface area contributed by atoms with E-state index in [0.717, 1.165) is 5.56 Å². The predicted molar refractivity (Wildman–Crippen MR) is 88.3 cm³/mol. The zero-order chi connectivity index (χ0) is 16.8. The molecule has 5 nitrogen and oxygen atoms in total. The van der Waals surface area contributed by atoms with Gasteiger partial charge in [-0.2, -0.15) is 0 Å². The lowest BCUT2D eigenvalue weighted by molar-refractivity contribution is 0.0946. The molecule has 0 bridgehead atoms. The first kappa shape index (κ1) is 16.1. The molecule has 2 heterocycles. The van der Waals surface area contributed by atoms with Crippen LogP contribution in [0, 0.1) is 5.82 Å². The first-order chi connectivity index (χ1) is 11.7. The van der Waals surface area contributed by atoms with Crippen molar-refractivity contribution in [1.82, 2.24) is 15.3 Å². The number of aromatic nitrogens is 2. The molecule has 2 aromatic heterocycles. The van der Waals surface area contributed by atoms with Gasteiger partial charge in [0, 0.05) is 24.3 Å². The average molecular weight is 343 g/mol. The van der Waals surface area contributed by atoms with Crippen molar-refractivity contribution in [2.24, 2.45) is 0 Å². The van der Waals surface area contributed by atoms with Crippen LogP contribution >= 0.6 is 11.3 Å². The summed E-state index contributed by atoms with van der Waals surface area (Å²) in [5, 5.41) is 5.05. The van der Waals surface area contributed by atoms with Gasteiger partial charge in [0.25, 0.3) is 5.91 Å². The highest BCUT2D eigenvalue weighted by atomic mass is 32.1. The normalized spacial score (nSPS) is 10.4. The predicted octanol–water partition coefficient (Wildman–Crippen LogP) is 3.19. The van der Waals surface area contributed by atoms with Crippen molar-refractivity contribution in [3.8, 4) is 5.75 Å². The highest BCUT2D eigenvalue weighted by Crippen LogP contribution is 2.18. The van der Waals surface area contributed by atoms with E-state index in [2.05, 4.69) is 15.3 Å². The number of thiazole rings is 1. The zero-order valence-electron chi connectivity index (χ0n) is 12.6. The third kappa shape index (κ3) is 4.14. The molecule has 1 amide bonds. The van der Waals surface area contributed by atoms with Crippen molar-refractivity contribution in [1.29, 1.82) is 0 Å². The smallest absolute Gasteiger partial charge is 0.271 e. The Kier molecular flexibility index (Phi) is 5.12. The van der Waals surface area contributed by atoms with Gasteiger partial charge in [-0.15, -0.1) is 11.3 Å². The number of para-hydroxylation sites is 1. The summed E-state index contributed by atoms with van der Waals surface area (Å²) in [6.45, 7) is 0.517. The quantitative estimate of drug-likeness (QED) is 0.747. The Morgan fingerprint density at radius 3 is 2.79 bits per heavy atom. The van der Waals surface area contributed by atoms with E-state index in [9.17, 15) is 9.18 Å². The summed E-state index contributed by atoms with van der Waals surface area (Å²) in [4.78, 5) is 20.2. The number of nitrogens with one attached hydrogen (secondary N) is 1. The van der Waals surface area contributed by atoms with Crippen LogP contribution in [0.1, 0.15) is 21.1 Å². The van der Waals surface area contributed by atoms with Crippen LogP contribution in [0.2, 0.25) is 0 Å². The van der Waals surface area contributed by atoms with Gasteiger partial charge in [-0.3, -0.25) is 9.78 Å². The van der Waals surface area contributed by atoms with Crippen LogP contribution in [0.15, 0.2) is 54.2 Å². The van der Waals surface area contributed by atoms with Crippen molar-refractivity contribution in [2.45, 2.75) is 13.2 Å². The van der Waals surface area contributed by atoms with Gasteiger partial charge in [-0.25, -0.2) is 9.37 Å². The molecule has 0 unspecified atom stereocenters. The van der Waals surface area contributed by atoms with Crippen molar-refractivity contribution < 1.29 is 13.9 Å². The number of benzene rings is 1. The maximum absolute atomic E-state index is 13.5. The average Bonchev–Trinajstić information content (AvgIpc) is 3.09. The van der Waals surface area contributed by atoms with Crippen molar-refractivity contribution in [3.05, 3.63) is 76.3 Å². The molecule has 7 heteroatoms. The topological polar surface area (TPSA) is 64.1 Å². The largest absolute Gasteiger partial charge is 0.483 e. The van der Waals surface area contributed by atoms with Crippen LogP contribution in [0.3, 0.4) is 0 Å². The minimum atomic E-state index is -0.427. The monoisotopic (exact) mass is 343 g/mol. The first-order valence-electron chi connectivity index (χ1n) is 7.21. The summed E-state index contributed by atoms with van der Waals surface area (Å²) in [5.74, 6) is -0.527. The maximum Gasteiger partial charge on any atom is 0.271 e. The second-order valence-electron chi connectivity index (χ2n) is 4.88. The molecule has 3 aromatic rings. The lowest BCUT2D eigenvalue weighted by Gasteiger charge is -2.04. The van der Waals surface area contributed by atoms with E-state index in [1.165, 1.54) is 17.4 Å². The molecule has 0 radical (unpaired) electrons. The summed E-state index contributed by atoms with van der Waals surface area (Å²) < 4.78 is 18.9. The van der Waals surface area contributed by atoms with Gasteiger partial charge in [0.15, 0.2) is 11.6 Å². The van der Waals surface area contributed by atoms with Gasteiger partial charge < -0.3 is 10.1 Å². The lowest BCUT2D eigenvalue weighted by atomic mass is 10.2. The fourth-order valence-electron chi connectivity index (χ4n) is 1.96. The van der Waals surface area contributed by atoms with Gasteiger partial charge in [0.2, 0.25) is 0 Å². The highest BCUT2D eigenvalue weighted by Gasteiger charge is 2.11. The number of ether oxygens (including phenoxy) is 1. The second kappa shape index (κ2) is 7.65. The summed E-state index contributed by atoms with van der Waals surface area (Å²) in [6.07, 6.45) is 3.34. The Balaban J connectivity index is 1.55. The molecule has 0 atom stereocenters. The molecule has 122 valence electrons. The van der Waals surface area contributed by atoms with Crippen LogP contribution in [-0.4, -0.2) is 15.9 Å². The molecule has 24 heavy (non-hydrogen) atoms. The van der Waals surface area contributed by atoms with E-state index in [1.54, 1.807) is 36.0 Å². The fraction of sp³-hybridized carbons (Fsp3) is 0.118. The molecular formula is C17H14FN3O2S. The van der Waals surface area contributed by atoms with E-state index in [4.69, 9.17) is 4.74 Å². The SMILES string of the molecule is O=C(NCc1ccncc1)c1csc(COc2ccccc2F)n1. The van der Waals surface area contributed by atoms with Gasteiger partial charge >= 0.3 is 0 Å². The van der Waals surface area contributed by atoms with E-state index in [1.807, 2.05) is 12.1 Å². The Labute approximate surface area is 142 Å². The van der Waals surface area contributed by atoms with Crippen LogP contribution < -0.4 is 10.1 Å². The zero-order valence-corrected chi connectivity index (χ0v) is 13.4. The molecule has 0 spiro atoms. The standard InChI is InChI=1S/C17H14FN3O2S/c18-13-3-1-2-4-15(13)23-10-16-21-14(11-24-16)17(22)20-9-12-5-7-19-8-6-12/h1-8,11H,9-10H2,(H,20,22). The first-order valence-corrected chi connectivity index (χ1v) is 8.09. The Hall–Kier alpha value is -2.80. The summed E-state index contributed by atoms with van der Waals surface area (Å²) in [7, 11) is 0. The van der Waals surface area contributed by atoms with Crippen molar-refractivity contribution in [2.75, 3.05) is 0 Å². The van der Waals surface area contributed by atoms with Crippen LogP contribution in [0.5, 0.6) is 5.75 Å². The minimum Gasteiger partial charge on any atom is -0.483 e. The molecule has 0 aliphatic carbocycles. The highest BCUT2D eigenvalue weighted by molar-refractivity contribution is 7.09. The fourth-order valence-corrected chi connectivity index (χ4v) is 2.64. The summed E-state index contributed by atoms with van der Waals surface area (Å²) >= 11 is 1.30. The molecule has 0 saturated heterocycles. The molecule has 0 fully saturated rings. The van der Waals surface area contributed by atoms with E-state index < -0.39 is 5.82 Å². The van der Waals surface area contributed by atoms with E-state index >= 15 is 0 Å². The molecule has 0 saturated carbocycles. The van der Waals surface area contributed by atoms with Gasteiger partial charge in [-0.1, -0.05) is 12.1 Å². The molecule has 3 rings (SSSR count). The Morgan fingerprint density at radius 1 is 1.21 bits per heavy atom. The molecular weight excluding hydrogens is 329 g/mol. The number of amides is 1. The lowest BCUT2D eigenvalue weighted by Crippen LogP contribution is -2.23. The van der Waals surface area contributed by atoms with E-state index in [0.29, 0.717) is 17.2 Å². The molecule has 0 aliphatic heterocycles. The summed E-state index contributed by atoms with van der Waals surface area (Å²) in [6, 6.07) is 9.82. The van der Waals surface area contributed by atoms with Crippen molar-refractivity contribution in [3.63, 3.8) is 0 Å². The maximum atomic E-state index is 13.5. The van der Waals surface area contributed by atoms with Gasteiger partial charge in [0.05, 0.1) is 0 Å². The molecule has 0 aliphatic rings. The van der Waals surface area contributed by atoms with Crippen LogP contribution in [0.25, 0.3) is 0 Å². The number of pyridine rings is 1. The van der Waals surface area contributed by atoms with Gasteiger partial charge in [-0.05, 0) is 29.8 Å². The third-order valence-electron chi connectivity index (χ3n) is 3.17. The van der Waals surface area contributed by atoms with Crippen molar-refractivity contribution >= 4 is 17.2 Å².